The van der Waals surface area contributed by atoms with Crippen molar-refractivity contribution in [3.63, 3.8) is 0 Å². The maximum atomic E-state index is 16.5. The molecule has 4 aromatic rings. The molecule has 76 heavy (non-hydrogen) atoms. The van der Waals surface area contributed by atoms with E-state index in [1.165, 1.54) is 23.4 Å². The maximum absolute atomic E-state index is 16.5. The van der Waals surface area contributed by atoms with Crippen molar-refractivity contribution in [3.8, 4) is 22.5 Å². The second kappa shape index (κ2) is 21.5. The number of cyclic esters (lactones) is 1. The molecule has 9 rings (SSSR count). The highest BCUT2D eigenvalue weighted by atomic mass is 32.1. The highest BCUT2D eigenvalue weighted by Gasteiger charge is 2.48. The number of benzene rings is 1. The number of pyridine rings is 1. The molecule has 3 saturated heterocycles. The number of amides is 4. The molecule has 3 fully saturated rings. The molecule has 4 amide bonds. The molecule has 1 aromatic carbocycles. The third-order valence-corrected chi connectivity index (χ3v) is 16.3. The number of carbonyl (C=O) groups is 5. The second-order valence-electron chi connectivity index (χ2n) is 22.0. The molecule has 0 aliphatic carbocycles. The number of morpholine rings is 1. The lowest BCUT2D eigenvalue weighted by molar-refractivity contribution is -0.156. The van der Waals surface area contributed by atoms with E-state index in [-0.39, 0.29) is 32.7 Å². The summed E-state index contributed by atoms with van der Waals surface area (Å²) in [5, 5.41) is 7.06. The van der Waals surface area contributed by atoms with Crippen molar-refractivity contribution in [2.45, 2.75) is 122 Å². The van der Waals surface area contributed by atoms with E-state index in [1.54, 1.807) is 43.2 Å². The Hall–Kier alpha value is -5.97. The van der Waals surface area contributed by atoms with E-state index in [2.05, 4.69) is 22.2 Å². The monoisotopic (exact) mass is 1080 g/mol. The van der Waals surface area contributed by atoms with Crippen LogP contribution in [0.25, 0.3) is 33.4 Å². The lowest BCUT2D eigenvalue weighted by Gasteiger charge is -2.40. The van der Waals surface area contributed by atoms with Crippen LogP contribution in [0.15, 0.2) is 42.2 Å². The first-order valence-corrected chi connectivity index (χ1v) is 26.9. The van der Waals surface area contributed by atoms with Crippen molar-refractivity contribution < 1.29 is 55.7 Å². The number of aromatic nitrogens is 3. The van der Waals surface area contributed by atoms with Gasteiger partial charge in [0.15, 0.2) is 11.5 Å². The van der Waals surface area contributed by atoms with Gasteiger partial charge >= 0.3 is 5.97 Å². The molecule has 17 nitrogen and oxygen atoms in total. The first kappa shape index (κ1) is 54.8. The summed E-state index contributed by atoms with van der Waals surface area (Å²) in [6.45, 7) is 13.5. The topological polar surface area (TPSA) is 181 Å². The summed E-state index contributed by atoms with van der Waals surface area (Å²) in [6.07, 6.45) is 0.754. The first-order chi connectivity index (χ1) is 36.0. The van der Waals surface area contributed by atoms with Gasteiger partial charge in [-0.15, -0.1) is 11.3 Å². The molecule has 22 heteroatoms. The number of halogens is 4. The van der Waals surface area contributed by atoms with Gasteiger partial charge in [0.2, 0.25) is 5.91 Å². The molecule has 2 N–H and O–H groups in total. The van der Waals surface area contributed by atoms with Crippen LogP contribution in [0.5, 0.6) is 0 Å². The highest BCUT2D eigenvalue weighted by molar-refractivity contribution is 7.10. The minimum atomic E-state index is -3.16. The number of alkyl halides is 3. The molecule has 410 valence electrons. The Labute approximate surface area is 443 Å². The average Bonchev–Trinajstić information content (AvgIpc) is 3.98. The van der Waals surface area contributed by atoms with Gasteiger partial charge in [0, 0.05) is 99.9 Å². The molecule has 5 aliphatic rings. The molecule has 5 aliphatic heterocycles. The van der Waals surface area contributed by atoms with Crippen molar-refractivity contribution in [1.82, 2.24) is 40.1 Å². The minimum absolute atomic E-state index is 0.0684. The third kappa shape index (κ3) is 11.0. The molecular weight excluding hydrogens is 1010 g/mol. The first-order valence-electron chi connectivity index (χ1n) is 26.0. The van der Waals surface area contributed by atoms with Gasteiger partial charge in [-0.25, -0.2) is 28.0 Å². The van der Waals surface area contributed by atoms with Gasteiger partial charge in [-0.2, -0.15) is 0 Å². The van der Waals surface area contributed by atoms with E-state index in [0.29, 0.717) is 89.9 Å². The van der Waals surface area contributed by atoms with Gasteiger partial charge in [0.25, 0.3) is 23.6 Å². The summed E-state index contributed by atoms with van der Waals surface area (Å²) in [5.41, 5.74) is 5.24. The van der Waals surface area contributed by atoms with E-state index < -0.39 is 108 Å². The molecule has 4 atom stereocenters. The molecule has 3 aromatic heterocycles. The lowest BCUT2D eigenvalue weighted by Crippen LogP contribution is -2.63. The molecule has 6 bridgehead atoms. The van der Waals surface area contributed by atoms with Crippen LogP contribution < -0.4 is 15.6 Å². The predicted molar refractivity (Wildman–Crippen MR) is 277 cm³/mol. The number of hydrogen-bond acceptors (Lipinski definition) is 13. The Bertz CT molecular complexity index is 2930. The number of likely N-dealkylation sites (tertiary alicyclic amines) is 1. The molecule has 0 saturated carbocycles. The van der Waals surface area contributed by atoms with Crippen molar-refractivity contribution in [3.05, 3.63) is 64.0 Å². The lowest BCUT2D eigenvalue weighted by atomic mass is 9.84. The van der Waals surface area contributed by atoms with E-state index in [9.17, 15) is 28.4 Å². The molecule has 0 radical (unpaired) electrons. The molecule has 0 unspecified atom stereocenters. The van der Waals surface area contributed by atoms with Gasteiger partial charge in [0.05, 0.1) is 72.0 Å². The number of rotatable bonds is 10. The van der Waals surface area contributed by atoms with Crippen LogP contribution >= 0.6 is 11.3 Å². The average molecular weight is 1080 g/mol. The van der Waals surface area contributed by atoms with Crippen molar-refractivity contribution in [2.75, 3.05) is 71.6 Å². The quantitative estimate of drug-likeness (QED) is 0.100. The third-order valence-electron chi connectivity index (χ3n) is 15.4. The van der Waals surface area contributed by atoms with Gasteiger partial charge in [-0.1, -0.05) is 34.3 Å². The van der Waals surface area contributed by atoms with Gasteiger partial charge in [-0.05, 0) is 61.4 Å². The fourth-order valence-electron chi connectivity index (χ4n) is 11.4. The predicted octanol–water partition coefficient (Wildman–Crippen LogP) is 6.51. The van der Waals surface area contributed by atoms with Gasteiger partial charge in [-0.3, -0.25) is 34.0 Å². The Morgan fingerprint density at radius 3 is 2.43 bits per heavy atom. The number of likely N-dealkylation sites (N-methyl/N-ethyl adjacent to an activating group) is 1. The number of thiazole rings is 1. The number of hydrogen-bond donors (Lipinski definition) is 2. The zero-order valence-electron chi connectivity index (χ0n) is 44.1. The van der Waals surface area contributed by atoms with Crippen molar-refractivity contribution >= 4 is 57.5 Å². The van der Waals surface area contributed by atoms with Gasteiger partial charge < -0.3 is 38.8 Å². The SMILES string of the molecule is C=C(F)C(=O)N1CCC(F)(C(=O)N(C)[C@H](C(=O)N[C@H]2Cc3nc(cs3)-c3cc4c5c(c3)c(c(-c3cc(N6CCOCC6)cnc3[C@H](C)OC)n5CC(F)(F)C4)CC(C)(C)COC(=O)[C@@H]3CCCN(N3)C2=O)C(C)C)CC1. The number of piperidine rings is 1. The van der Waals surface area contributed by atoms with Crippen LogP contribution in [0, 0.1) is 11.3 Å². The Kier molecular flexibility index (Phi) is 15.5. The van der Waals surface area contributed by atoms with Crippen LogP contribution in [0.2, 0.25) is 0 Å². The summed E-state index contributed by atoms with van der Waals surface area (Å²) < 4.78 is 82.4. The largest absolute Gasteiger partial charge is 0.464 e. The van der Waals surface area contributed by atoms with Crippen LogP contribution in [0.1, 0.15) is 88.2 Å². The molecular formula is C54H67F4N9O8S. The number of fused-ring (bicyclic) bond motifs is 6. The summed E-state index contributed by atoms with van der Waals surface area (Å²) in [7, 11) is 2.88. The second-order valence-corrected chi connectivity index (χ2v) is 22.9. The van der Waals surface area contributed by atoms with Gasteiger partial charge in [0.1, 0.15) is 18.1 Å². The Morgan fingerprint density at radius 2 is 1.75 bits per heavy atom. The summed E-state index contributed by atoms with van der Waals surface area (Å²) >= 11 is 1.21. The Balaban J connectivity index is 1.12. The number of anilines is 1. The van der Waals surface area contributed by atoms with Crippen LogP contribution in [-0.4, -0.2) is 155 Å². The zero-order valence-corrected chi connectivity index (χ0v) is 44.9. The Morgan fingerprint density at radius 1 is 1.03 bits per heavy atom. The summed E-state index contributed by atoms with van der Waals surface area (Å²) in [6, 6.07) is 2.16. The number of nitrogens with one attached hydrogen (secondary N) is 2. The van der Waals surface area contributed by atoms with Crippen LogP contribution in [0.3, 0.4) is 0 Å². The summed E-state index contributed by atoms with van der Waals surface area (Å²) in [5.74, 6) is -8.90. The standard InChI is InChI=1S/C54H67F4N9O8S/c1-30(2)44(63(7)51(72)53(56)11-14-65(15-12-53)48(69)31(3)55)47(68)61-40-23-42-60-41(27-76-42)33-20-34-24-54(57,58)28-66-45(34)36(21-33)38(25-52(5,6)29-75-50(71)39-10-9-13-67(62-39)49(40)70)46(66)37-22-35(64-16-18-74-19-17-64)26-59-43(37)32(4)73-8/h20-22,26-27,30,32,39-40,44,62H,3,9-19,23-25,28-29H2,1-2,4-8H3,(H,61,68)/t32-,39-,40-,44-/m0/s1. The van der Waals surface area contributed by atoms with E-state index in [0.717, 1.165) is 26.4 Å². The van der Waals surface area contributed by atoms with Crippen LogP contribution in [0.4, 0.5) is 23.2 Å². The highest BCUT2D eigenvalue weighted by Crippen LogP contribution is 2.48. The zero-order chi connectivity index (χ0) is 54.6. The van der Waals surface area contributed by atoms with E-state index >= 15 is 13.2 Å². The van der Waals surface area contributed by atoms with E-state index in [4.69, 9.17) is 24.2 Å². The molecule has 8 heterocycles. The fourth-order valence-corrected chi connectivity index (χ4v) is 12.3. The number of hydrazine groups is 1. The number of nitrogens with zero attached hydrogens (tertiary/aromatic N) is 7. The van der Waals surface area contributed by atoms with E-state index in [1.807, 2.05) is 32.9 Å². The minimum Gasteiger partial charge on any atom is -0.464 e. The van der Waals surface area contributed by atoms with Crippen molar-refractivity contribution in [2.24, 2.45) is 11.3 Å². The number of ether oxygens (including phenoxy) is 3. The maximum Gasteiger partial charge on any atom is 0.324 e. The number of methoxy groups -OCH3 is 1. The normalized spacial score (nSPS) is 22.4. The number of esters is 1. The van der Waals surface area contributed by atoms with Crippen LogP contribution in [-0.2, 0) is 64.0 Å². The smallest absolute Gasteiger partial charge is 0.324 e. The number of carbonyl (C=O) groups excluding carboxylic acids is 5. The van der Waals surface area contributed by atoms with Crippen molar-refractivity contribution in [1.29, 1.82) is 0 Å². The summed E-state index contributed by atoms with van der Waals surface area (Å²) in [4.78, 5) is 83.8. The fraction of sp³-hybridized carbons (Fsp3) is 0.574. The molecule has 0 spiro atoms.